The molecule has 1 unspecified atom stereocenters. The van der Waals surface area contributed by atoms with Crippen molar-refractivity contribution in [2.75, 3.05) is 5.75 Å². The molecule has 1 heterocycles. The summed E-state index contributed by atoms with van der Waals surface area (Å²) in [4.78, 5) is 12.5. The minimum absolute atomic E-state index is 0.0794. The van der Waals surface area contributed by atoms with Gasteiger partial charge in [0.05, 0.1) is 24.5 Å². The van der Waals surface area contributed by atoms with Gasteiger partial charge in [0.2, 0.25) is 5.91 Å². The number of carbonyl (C=O) groups is 1. The first-order chi connectivity index (χ1) is 14.2. The fraction of sp³-hybridized carbons (Fsp3) is 0.333. The topological polar surface area (TPSA) is 46.9 Å². The second-order valence-electron chi connectivity index (χ2n) is 7.68. The number of aryl methyl sites for hydroxylation is 1. The van der Waals surface area contributed by atoms with E-state index in [-0.39, 0.29) is 11.9 Å². The lowest BCUT2D eigenvalue weighted by Gasteiger charge is -2.24. The molecule has 1 N–H and O–H groups in total. The van der Waals surface area contributed by atoms with E-state index in [1.54, 1.807) is 11.8 Å². The van der Waals surface area contributed by atoms with E-state index in [0.29, 0.717) is 5.75 Å². The zero-order valence-electron chi connectivity index (χ0n) is 16.8. The van der Waals surface area contributed by atoms with Crippen LogP contribution in [0.25, 0.3) is 0 Å². The van der Waals surface area contributed by atoms with Gasteiger partial charge in [-0.2, -0.15) is 5.10 Å². The van der Waals surface area contributed by atoms with Crippen molar-refractivity contribution in [3.05, 3.63) is 88.7 Å². The second-order valence-corrected chi connectivity index (χ2v) is 8.67. The summed E-state index contributed by atoms with van der Waals surface area (Å²) in [5, 5.41) is 7.85. The summed E-state index contributed by atoms with van der Waals surface area (Å²) >= 11 is 1.66. The lowest BCUT2D eigenvalue weighted by atomic mass is 9.93. The molecule has 0 saturated heterocycles. The van der Waals surface area contributed by atoms with Crippen molar-refractivity contribution in [2.45, 2.75) is 44.5 Å². The molecule has 0 saturated carbocycles. The van der Waals surface area contributed by atoms with Crippen LogP contribution in [0.1, 0.15) is 46.8 Å². The largest absolute Gasteiger partial charge is 0.348 e. The molecular weight excluding hydrogens is 378 g/mol. The van der Waals surface area contributed by atoms with Gasteiger partial charge in [0.1, 0.15) is 0 Å². The van der Waals surface area contributed by atoms with Gasteiger partial charge in [0.25, 0.3) is 0 Å². The molecule has 1 atom stereocenters. The number of amides is 1. The van der Waals surface area contributed by atoms with Crippen molar-refractivity contribution in [2.24, 2.45) is 0 Å². The van der Waals surface area contributed by atoms with Crippen LogP contribution in [0.3, 0.4) is 0 Å². The van der Waals surface area contributed by atoms with Gasteiger partial charge in [-0.05, 0) is 37.3 Å². The lowest BCUT2D eigenvalue weighted by molar-refractivity contribution is -0.119. The summed E-state index contributed by atoms with van der Waals surface area (Å²) < 4.78 is 2.09. The van der Waals surface area contributed by atoms with Gasteiger partial charge in [0.15, 0.2) is 0 Å². The molecule has 1 amide bonds. The number of benzene rings is 2. The third kappa shape index (κ3) is 5.10. The van der Waals surface area contributed by atoms with E-state index in [1.165, 1.54) is 27.9 Å². The Labute approximate surface area is 176 Å². The van der Waals surface area contributed by atoms with Crippen LogP contribution in [-0.4, -0.2) is 21.4 Å². The van der Waals surface area contributed by atoms with Crippen LogP contribution in [-0.2, 0) is 23.5 Å². The second kappa shape index (κ2) is 9.31. The van der Waals surface area contributed by atoms with Gasteiger partial charge >= 0.3 is 0 Å². The first kappa shape index (κ1) is 19.8. The van der Waals surface area contributed by atoms with Crippen LogP contribution >= 0.6 is 11.8 Å². The molecule has 1 aromatic heterocycles. The molecule has 0 aliphatic heterocycles. The lowest BCUT2D eigenvalue weighted by Crippen LogP contribution is -2.32. The van der Waals surface area contributed by atoms with E-state index in [4.69, 9.17) is 0 Å². The normalized spacial score (nSPS) is 15.7. The Morgan fingerprint density at radius 1 is 1.14 bits per heavy atom. The Kier molecular flexibility index (Phi) is 6.35. The number of carbonyl (C=O) groups excluding carboxylic acids is 1. The number of rotatable bonds is 7. The quantitative estimate of drug-likeness (QED) is 0.621. The molecule has 5 heteroatoms. The Hall–Kier alpha value is -2.53. The highest BCUT2D eigenvalue weighted by atomic mass is 32.2. The van der Waals surface area contributed by atoms with Crippen molar-refractivity contribution in [3.63, 3.8) is 0 Å². The molecule has 1 aliphatic carbocycles. The van der Waals surface area contributed by atoms with Crippen molar-refractivity contribution in [3.8, 4) is 0 Å². The fourth-order valence-corrected chi connectivity index (χ4v) is 4.64. The number of thioether (sulfide) groups is 1. The Morgan fingerprint density at radius 2 is 1.93 bits per heavy atom. The first-order valence-corrected chi connectivity index (χ1v) is 11.4. The molecule has 0 fully saturated rings. The van der Waals surface area contributed by atoms with Crippen molar-refractivity contribution in [1.29, 1.82) is 0 Å². The molecule has 29 heavy (non-hydrogen) atoms. The zero-order chi connectivity index (χ0) is 20.1. The molecule has 2 aromatic carbocycles. The summed E-state index contributed by atoms with van der Waals surface area (Å²) in [7, 11) is 0. The monoisotopic (exact) mass is 405 g/mol. The third-order valence-electron chi connectivity index (χ3n) is 5.40. The van der Waals surface area contributed by atoms with E-state index < -0.39 is 0 Å². The molecule has 1 aliphatic rings. The van der Waals surface area contributed by atoms with E-state index >= 15 is 0 Å². The van der Waals surface area contributed by atoms with E-state index in [2.05, 4.69) is 70.6 Å². The number of nitrogens with zero attached hydrogens (tertiary/aromatic N) is 2. The van der Waals surface area contributed by atoms with Crippen molar-refractivity contribution in [1.82, 2.24) is 15.1 Å². The summed E-state index contributed by atoms with van der Waals surface area (Å²) in [5.74, 6) is 1.45. The molecular formula is C24H27N3OS. The van der Waals surface area contributed by atoms with E-state index in [9.17, 15) is 4.79 Å². The Bertz CT molecular complexity index is 950. The molecule has 0 bridgehead atoms. The predicted octanol–water partition coefficient (Wildman–Crippen LogP) is 4.67. The number of nitrogens with one attached hydrogen (secondary N) is 1. The SMILES string of the molecule is Cc1ccc(CSCC(=O)NC2CCCc3c2cnn3Cc2ccccc2)cc1. The smallest absolute Gasteiger partial charge is 0.230 e. The summed E-state index contributed by atoms with van der Waals surface area (Å²) in [6.07, 6.45) is 5.03. The van der Waals surface area contributed by atoms with Crippen LogP contribution in [0, 0.1) is 6.92 Å². The Balaban J connectivity index is 1.33. The van der Waals surface area contributed by atoms with Crippen molar-refractivity contribution < 1.29 is 4.79 Å². The summed E-state index contributed by atoms with van der Waals surface area (Å²) in [5.41, 5.74) is 6.21. The Morgan fingerprint density at radius 3 is 2.72 bits per heavy atom. The van der Waals surface area contributed by atoms with E-state index in [0.717, 1.165) is 31.6 Å². The molecule has 4 nitrogen and oxygen atoms in total. The number of fused-ring (bicyclic) bond motifs is 1. The maximum atomic E-state index is 12.5. The highest BCUT2D eigenvalue weighted by Crippen LogP contribution is 2.30. The zero-order valence-corrected chi connectivity index (χ0v) is 17.6. The molecule has 150 valence electrons. The van der Waals surface area contributed by atoms with Crippen LogP contribution in [0.4, 0.5) is 0 Å². The number of hydrogen-bond donors (Lipinski definition) is 1. The highest BCUT2D eigenvalue weighted by Gasteiger charge is 2.25. The summed E-state index contributed by atoms with van der Waals surface area (Å²) in [6.45, 7) is 2.87. The average molecular weight is 406 g/mol. The van der Waals surface area contributed by atoms with Gasteiger partial charge in [0, 0.05) is 17.0 Å². The molecule has 3 aromatic rings. The highest BCUT2D eigenvalue weighted by molar-refractivity contribution is 7.99. The number of hydrogen-bond acceptors (Lipinski definition) is 3. The molecule has 0 radical (unpaired) electrons. The molecule has 0 spiro atoms. The molecule has 4 rings (SSSR count). The van der Waals surface area contributed by atoms with Crippen LogP contribution < -0.4 is 5.32 Å². The van der Waals surface area contributed by atoms with Crippen molar-refractivity contribution >= 4 is 17.7 Å². The predicted molar refractivity (Wildman–Crippen MR) is 119 cm³/mol. The number of aromatic nitrogens is 2. The van der Waals surface area contributed by atoms with Gasteiger partial charge in [-0.3, -0.25) is 9.48 Å². The van der Waals surface area contributed by atoms with Gasteiger partial charge in [-0.15, -0.1) is 11.8 Å². The maximum Gasteiger partial charge on any atom is 0.230 e. The van der Waals surface area contributed by atoms with Crippen LogP contribution in [0.2, 0.25) is 0 Å². The minimum Gasteiger partial charge on any atom is -0.348 e. The maximum absolute atomic E-state index is 12.5. The standard InChI is InChI=1S/C24H27N3OS/c1-18-10-12-20(13-11-18)16-29-17-24(28)26-22-8-5-9-23-21(22)14-25-27(23)15-19-6-3-2-4-7-19/h2-4,6-7,10-14,22H,5,8-9,15-17H2,1H3,(H,26,28). The van der Waals surface area contributed by atoms with E-state index in [1.807, 2.05) is 12.3 Å². The summed E-state index contributed by atoms with van der Waals surface area (Å²) in [6, 6.07) is 19.0. The minimum atomic E-state index is 0.0794. The fourth-order valence-electron chi connectivity index (χ4n) is 3.84. The van der Waals surface area contributed by atoms with Gasteiger partial charge in [-0.1, -0.05) is 60.2 Å². The van der Waals surface area contributed by atoms with Gasteiger partial charge in [-0.25, -0.2) is 0 Å². The van der Waals surface area contributed by atoms with Crippen LogP contribution in [0.5, 0.6) is 0 Å². The van der Waals surface area contributed by atoms with Gasteiger partial charge < -0.3 is 5.32 Å². The third-order valence-corrected chi connectivity index (χ3v) is 6.40. The average Bonchev–Trinajstić information content (AvgIpc) is 3.14. The van der Waals surface area contributed by atoms with Crippen LogP contribution in [0.15, 0.2) is 60.8 Å². The first-order valence-electron chi connectivity index (χ1n) is 10.2.